The van der Waals surface area contributed by atoms with Gasteiger partial charge in [-0.3, -0.25) is 4.79 Å². The molecule has 0 bridgehead atoms. The number of para-hydroxylation sites is 1. The van der Waals surface area contributed by atoms with E-state index in [1.54, 1.807) is 0 Å². The van der Waals surface area contributed by atoms with E-state index in [0.717, 1.165) is 42.2 Å². The number of benzene rings is 1. The highest BCUT2D eigenvalue weighted by Crippen LogP contribution is 2.38. The minimum Gasteiger partial charge on any atom is -0.390 e. The SMILES string of the molecule is Nc1sc2c(c1C(=O)Nc1ccccc1C(F)(F)F)CCCC2. The van der Waals surface area contributed by atoms with Crippen LogP contribution in [0.1, 0.15) is 39.2 Å². The largest absolute Gasteiger partial charge is 0.418 e. The van der Waals surface area contributed by atoms with Gasteiger partial charge >= 0.3 is 6.18 Å². The predicted octanol–water partition coefficient (Wildman–Crippen LogP) is 4.48. The highest BCUT2D eigenvalue weighted by atomic mass is 32.1. The molecule has 1 heterocycles. The summed E-state index contributed by atoms with van der Waals surface area (Å²) in [6, 6.07) is 4.94. The fraction of sp³-hybridized carbons (Fsp3) is 0.312. The predicted molar refractivity (Wildman–Crippen MR) is 84.8 cm³/mol. The van der Waals surface area contributed by atoms with Crippen LogP contribution in [-0.2, 0) is 19.0 Å². The van der Waals surface area contributed by atoms with Crippen molar-refractivity contribution in [3.8, 4) is 0 Å². The molecule has 0 unspecified atom stereocenters. The number of nitrogen functional groups attached to an aromatic ring is 1. The quantitative estimate of drug-likeness (QED) is 0.847. The number of nitrogens with one attached hydrogen (secondary N) is 1. The Morgan fingerprint density at radius 2 is 1.87 bits per heavy atom. The lowest BCUT2D eigenvalue weighted by molar-refractivity contribution is -0.136. The van der Waals surface area contributed by atoms with Crippen LogP contribution in [0.5, 0.6) is 0 Å². The molecule has 0 saturated carbocycles. The molecular formula is C16H15F3N2OS. The number of hydrogen-bond acceptors (Lipinski definition) is 3. The molecule has 7 heteroatoms. The van der Waals surface area contributed by atoms with Gasteiger partial charge in [0.25, 0.3) is 5.91 Å². The van der Waals surface area contributed by atoms with Crippen molar-refractivity contribution in [3.63, 3.8) is 0 Å². The summed E-state index contributed by atoms with van der Waals surface area (Å²) < 4.78 is 39.1. The monoisotopic (exact) mass is 340 g/mol. The Bertz CT molecular complexity index is 752. The number of alkyl halides is 3. The van der Waals surface area contributed by atoms with Crippen LogP contribution in [-0.4, -0.2) is 5.91 Å². The maximum absolute atomic E-state index is 13.0. The molecule has 1 amide bonds. The van der Waals surface area contributed by atoms with Crippen molar-refractivity contribution in [2.24, 2.45) is 0 Å². The number of thiophene rings is 1. The van der Waals surface area contributed by atoms with Gasteiger partial charge in [0.1, 0.15) is 0 Å². The molecule has 1 aromatic carbocycles. The molecule has 1 aromatic heterocycles. The first kappa shape index (κ1) is 15.9. The zero-order chi connectivity index (χ0) is 16.6. The van der Waals surface area contributed by atoms with Gasteiger partial charge in [0.15, 0.2) is 0 Å². The van der Waals surface area contributed by atoms with Gasteiger partial charge in [-0.25, -0.2) is 0 Å². The van der Waals surface area contributed by atoms with Crippen molar-refractivity contribution >= 4 is 27.9 Å². The lowest BCUT2D eigenvalue weighted by atomic mass is 9.95. The van der Waals surface area contributed by atoms with E-state index in [0.29, 0.717) is 10.6 Å². The maximum Gasteiger partial charge on any atom is 0.418 e. The number of rotatable bonds is 2. The van der Waals surface area contributed by atoms with E-state index in [9.17, 15) is 18.0 Å². The number of anilines is 2. The second-order valence-corrected chi connectivity index (χ2v) is 6.58. The van der Waals surface area contributed by atoms with Crippen LogP contribution >= 0.6 is 11.3 Å². The standard InChI is InChI=1S/C16H15F3N2OS/c17-16(18,19)10-6-2-3-7-11(10)21-15(22)13-9-5-1-4-8-12(9)23-14(13)20/h2-3,6-7H,1,4-5,8,20H2,(H,21,22). The van der Waals surface area contributed by atoms with Gasteiger partial charge in [-0.15, -0.1) is 11.3 Å². The molecule has 2 aromatic rings. The average Bonchev–Trinajstić information content (AvgIpc) is 2.82. The van der Waals surface area contributed by atoms with Crippen LogP contribution in [0.4, 0.5) is 23.9 Å². The molecule has 3 nitrogen and oxygen atoms in total. The molecule has 1 aliphatic carbocycles. The Morgan fingerprint density at radius 1 is 1.17 bits per heavy atom. The number of halogens is 3. The summed E-state index contributed by atoms with van der Waals surface area (Å²) in [5.74, 6) is -0.571. The number of hydrogen-bond donors (Lipinski definition) is 2. The number of nitrogens with two attached hydrogens (primary N) is 1. The third-order valence-corrected chi connectivity index (χ3v) is 5.03. The molecule has 23 heavy (non-hydrogen) atoms. The van der Waals surface area contributed by atoms with Crippen LogP contribution in [0.2, 0.25) is 0 Å². The third-order valence-electron chi connectivity index (χ3n) is 3.91. The van der Waals surface area contributed by atoms with Gasteiger partial charge in [-0.1, -0.05) is 12.1 Å². The molecule has 0 fully saturated rings. The summed E-state index contributed by atoms with van der Waals surface area (Å²) in [7, 11) is 0. The summed E-state index contributed by atoms with van der Waals surface area (Å²) in [6.07, 6.45) is -0.902. The van der Waals surface area contributed by atoms with E-state index in [-0.39, 0.29) is 5.69 Å². The van der Waals surface area contributed by atoms with Crippen LogP contribution in [0.25, 0.3) is 0 Å². The first-order valence-electron chi connectivity index (χ1n) is 7.25. The minimum absolute atomic E-state index is 0.250. The molecular weight excluding hydrogens is 325 g/mol. The average molecular weight is 340 g/mol. The zero-order valence-corrected chi connectivity index (χ0v) is 13.0. The van der Waals surface area contributed by atoms with Crippen molar-refractivity contribution in [2.75, 3.05) is 11.1 Å². The number of carbonyl (C=O) groups excluding carboxylic acids is 1. The van der Waals surface area contributed by atoms with E-state index in [2.05, 4.69) is 5.32 Å². The summed E-state index contributed by atoms with van der Waals surface area (Å²) in [5, 5.41) is 2.75. The Hall–Kier alpha value is -2.02. The van der Waals surface area contributed by atoms with Crippen molar-refractivity contribution < 1.29 is 18.0 Å². The molecule has 0 spiro atoms. The Labute approximate surface area is 135 Å². The number of fused-ring (bicyclic) bond motifs is 1. The second-order valence-electron chi connectivity index (χ2n) is 5.45. The van der Waals surface area contributed by atoms with E-state index in [1.807, 2.05) is 0 Å². The first-order valence-corrected chi connectivity index (χ1v) is 8.07. The van der Waals surface area contributed by atoms with Crippen molar-refractivity contribution in [2.45, 2.75) is 31.9 Å². The summed E-state index contributed by atoms with van der Waals surface area (Å²) in [5.41, 5.74) is 6.04. The van der Waals surface area contributed by atoms with Crippen LogP contribution < -0.4 is 11.1 Å². The molecule has 3 rings (SSSR count). The summed E-state index contributed by atoms with van der Waals surface area (Å²) >= 11 is 1.36. The van der Waals surface area contributed by atoms with Gasteiger partial charge in [0.05, 0.1) is 21.8 Å². The molecule has 3 N–H and O–H groups in total. The number of aryl methyl sites for hydroxylation is 1. The Kier molecular flexibility index (Phi) is 4.06. The first-order chi connectivity index (χ1) is 10.9. The highest BCUT2D eigenvalue weighted by molar-refractivity contribution is 7.16. The molecule has 0 radical (unpaired) electrons. The third kappa shape index (κ3) is 3.06. The van der Waals surface area contributed by atoms with E-state index >= 15 is 0 Å². The lowest BCUT2D eigenvalue weighted by Crippen LogP contribution is -2.19. The normalized spacial score (nSPS) is 14.4. The molecule has 0 aliphatic heterocycles. The second kappa shape index (κ2) is 5.88. The lowest BCUT2D eigenvalue weighted by Gasteiger charge is -2.15. The number of amides is 1. The van der Waals surface area contributed by atoms with E-state index in [4.69, 9.17) is 5.73 Å². The summed E-state index contributed by atoms with van der Waals surface area (Å²) in [4.78, 5) is 13.6. The topological polar surface area (TPSA) is 55.1 Å². The van der Waals surface area contributed by atoms with Crippen molar-refractivity contribution in [3.05, 3.63) is 45.8 Å². The fourth-order valence-corrected chi connectivity index (χ4v) is 4.02. The van der Waals surface area contributed by atoms with E-state index in [1.165, 1.54) is 29.5 Å². The molecule has 0 saturated heterocycles. The van der Waals surface area contributed by atoms with E-state index < -0.39 is 17.6 Å². The minimum atomic E-state index is -4.52. The van der Waals surface area contributed by atoms with Gasteiger partial charge in [-0.2, -0.15) is 13.2 Å². The fourth-order valence-electron chi connectivity index (χ4n) is 2.86. The maximum atomic E-state index is 13.0. The van der Waals surface area contributed by atoms with Gasteiger partial charge < -0.3 is 11.1 Å². The molecule has 122 valence electrons. The van der Waals surface area contributed by atoms with Crippen molar-refractivity contribution in [1.82, 2.24) is 0 Å². The summed E-state index contributed by atoms with van der Waals surface area (Å²) in [6.45, 7) is 0. The van der Waals surface area contributed by atoms with Crippen LogP contribution in [0, 0.1) is 0 Å². The van der Waals surface area contributed by atoms with Crippen LogP contribution in [0.15, 0.2) is 24.3 Å². The van der Waals surface area contributed by atoms with Crippen LogP contribution in [0.3, 0.4) is 0 Å². The van der Waals surface area contributed by atoms with Gasteiger partial charge in [0.2, 0.25) is 0 Å². The van der Waals surface area contributed by atoms with Gasteiger partial charge in [-0.05, 0) is 43.4 Å². The highest BCUT2D eigenvalue weighted by Gasteiger charge is 2.34. The zero-order valence-electron chi connectivity index (χ0n) is 12.2. The molecule has 0 atom stereocenters. The smallest absolute Gasteiger partial charge is 0.390 e. The van der Waals surface area contributed by atoms with Crippen molar-refractivity contribution in [1.29, 1.82) is 0 Å². The Balaban J connectivity index is 1.94. The molecule has 1 aliphatic rings. The Morgan fingerprint density at radius 3 is 2.61 bits per heavy atom. The van der Waals surface area contributed by atoms with Gasteiger partial charge in [0, 0.05) is 4.88 Å². The number of carbonyl (C=O) groups is 1.